The molecule has 1 heterocycles. The van der Waals surface area contributed by atoms with Crippen molar-refractivity contribution in [3.63, 3.8) is 0 Å². The molecule has 0 amide bonds. The van der Waals surface area contributed by atoms with Gasteiger partial charge in [0.05, 0.1) is 24.8 Å². The highest BCUT2D eigenvalue weighted by Crippen LogP contribution is 2.46. The second-order valence-electron chi connectivity index (χ2n) is 9.21. The third-order valence-electron chi connectivity index (χ3n) is 6.60. The van der Waals surface area contributed by atoms with E-state index in [1.807, 2.05) is 67.6 Å². The first-order valence-corrected chi connectivity index (χ1v) is 13.4. The van der Waals surface area contributed by atoms with Crippen LogP contribution < -0.4 is 9.47 Å². The molecular formula is C30H32Cl2O7. The molecular weight excluding hydrogens is 543 g/mol. The standard InChI is InChI=1S/C30H32Cl2O7/c1-18-24(28(35-4)26(32)29(25(18)31)37-17-21-13-9-6-10-14-21)30(33)39-27-19(2)38-23(34-3)15-22(27)36-16-20-11-7-5-8-12-20/h5-14,19,22-23,27H,15-17H2,1-4H3/t19-,22-,23+,27-/m1/s1. The van der Waals surface area contributed by atoms with E-state index in [2.05, 4.69) is 0 Å². The molecule has 9 heteroatoms. The third-order valence-corrected chi connectivity index (χ3v) is 7.40. The van der Waals surface area contributed by atoms with Crippen LogP contribution in [0.1, 0.15) is 40.4 Å². The van der Waals surface area contributed by atoms with Crippen LogP contribution in [0.4, 0.5) is 0 Å². The van der Waals surface area contributed by atoms with Gasteiger partial charge < -0.3 is 28.4 Å². The van der Waals surface area contributed by atoms with Crippen molar-refractivity contribution in [1.29, 1.82) is 0 Å². The summed E-state index contributed by atoms with van der Waals surface area (Å²) >= 11 is 13.3. The van der Waals surface area contributed by atoms with E-state index in [9.17, 15) is 4.79 Å². The highest BCUT2D eigenvalue weighted by atomic mass is 35.5. The monoisotopic (exact) mass is 574 g/mol. The number of rotatable bonds is 10. The van der Waals surface area contributed by atoms with E-state index < -0.39 is 30.6 Å². The Hall–Kier alpha value is -2.81. The summed E-state index contributed by atoms with van der Waals surface area (Å²) in [4.78, 5) is 13.6. The van der Waals surface area contributed by atoms with Crippen LogP contribution in [0.25, 0.3) is 0 Å². The second-order valence-corrected chi connectivity index (χ2v) is 9.97. The van der Waals surface area contributed by atoms with Crippen LogP contribution in [-0.4, -0.2) is 44.8 Å². The summed E-state index contributed by atoms with van der Waals surface area (Å²) in [5.74, 6) is -0.311. The van der Waals surface area contributed by atoms with E-state index >= 15 is 0 Å². The Kier molecular flexibility index (Phi) is 10.1. The topological polar surface area (TPSA) is 72.5 Å². The normalized spacial score (nSPS) is 20.9. The Morgan fingerprint density at radius 2 is 1.54 bits per heavy atom. The van der Waals surface area contributed by atoms with Crippen molar-refractivity contribution >= 4 is 29.2 Å². The fraction of sp³-hybridized carbons (Fsp3) is 0.367. The highest BCUT2D eigenvalue weighted by molar-refractivity contribution is 6.39. The summed E-state index contributed by atoms with van der Waals surface area (Å²) in [5.41, 5.74) is 2.47. The molecule has 0 radical (unpaired) electrons. The molecule has 0 aliphatic carbocycles. The van der Waals surface area contributed by atoms with Crippen LogP contribution >= 0.6 is 23.2 Å². The number of carbonyl (C=O) groups is 1. The molecule has 3 aromatic rings. The molecule has 4 atom stereocenters. The molecule has 0 unspecified atom stereocenters. The fourth-order valence-electron chi connectivity index (χ4n) is 4.50. The van der Waals surface area contributed by atoms with Crippen molar-refractivity contribution in [2.24, 2.45) is 0 Å². The largest absolute Gasteiger partial charge is 0.494 e. The minimum absolute atomic E-state index is 0.0836. The van der Waals surface area contributed by atoms with Gasteiger partial charge in [-0.15, -0.1) is 0 Å². The molecule has 208 valence electrons. The highest BCUT2D eigenvalue weighted by Gasteiger charge is 2.41. The van der Waals surface area contributed by atoms with Crippen LogP contribution in [-0.2, 0) is 32.2 Å². The van der Waals surface area contributed by atoms with Gasteiger partial charge in [-0.1, -0.05) is 83.9 Å². The molecule has 39 heavy (non-hydrogen) atoms. The minimum Gasteiger partial charge on any atom is -0.494 e. The van der Waals surface area contributed by atoms with Gasteiger partial charge in [0.25, 0.3) is 0 Å². The summed E-state index contributed by atoms with van der Waals surface area (Å²) in [6.07, 6.45) is -1.80. The van der Waals surface area contributed by atoms with E-state index in [1.165, 1.54) is 7.11 Å². The van der Waals surface area contributed by atoms with Gasteiger partial charge in [0.2, 0.25) is 0 Å². The van der Waals surface area contributed by atoms with E-state index in [0.717, 1.165) is 11.1 Å². The van der Waals surface area contributed by atoms with Gasteiger partial charge in [-0.25, -0.2) is 4.79 Å². The molecule has 1 fully saturated rings. The van der Waals surface area contributed by atoms with Crippen molar-refractivity contribution in [2.75, 3.05) is 14.2 Å². The van der Waals surface area contributed by atoms with Crippen LogP contribution in [0.15, 0.2) is 60.7 Å². The second kappa shape index (κ2) is 13.5. The van der Waals surface area contributed by atoms with Crippen LogP contribution in [0.3, 0.4) is 0 Å². The molecule has 1 saturated heterocycles. The molecule has 3 aromatic carbocycles. The summed E-state index contributed by atoms with van der Waals surface area (Å²) in [6.45, 7) is 4.09. The Morgan fingerprint density at radius 1 is 0.923 bits per heavy atom. The maximum atomic E-state index is 13.6. The number of hydrogen-bond donors (Lipinski definition) is 0. The Labute approximate surface area is 238 Å². The molecule has 1 aliphatic rings. The SMILES string of the molecule is COc1c(Cl)c(OCc2ccccc2)c(Cl)c(C)c1C(=O)O[C@@H]1[C@@H](C)O[C@H](OC)C[C@H]1OCc1ccccc1. The van der Waals surface area contributed by atoms with Gasteiger partial charge in [-0.2, -0.15) is 0 Å². The number of hydrogen-bond acceptors (Lipinski definition) is 7. The molecule has 0 bridgehead atoms. The lowest BCUT2D eigenvalue weighted by molar-refractivity contribution is -0.247. The summed E-state index contributed by atoms with van der Waals surface area (Å²) in [7, 11) is 2.99. The third kappa shape index (κ3) is 6.86. The maximum Gasteiger partial charge on any atom is 0.342 e. The predicted molar refractivity (Wildman–Crippen MR) is 149 cm³/mol. The smallest absolute Gasteiger partial charge is 0.342 e. The van der Waals surface area contributed by atoms with Crippen molar-refractivity contribution < 1.29 is 33.2 Å². The lowest BCUT2D eigenvalue weighted by atomic mass is 10.0. The van der Waals surface area contributed by atoms with Crippen LogP contribution in [0, 0.1) is 6.92 Å². The number of carbonyl (C=O) groups excluding carboxylic acids is 1. The van der Waals surface area contributed by atoms with E-state index in [0.29, 0.717) is 18.6 Å². The first kappa shape index (κ1) is 29.2. The van der Waals surface area contributed by atoms with Gasteiger partial charge in [-0.05, 0) is 30.5 Å². The van der Waals surface area contributed by atoms with E-state index in [-0.39, 0.29) is 33.7 Å². The van der Waals surface area contributed by atoms with Gasteiger partial charge >= 0.3 is 5.97 Å². The molecule has 0 saturated carbocycles. The summed E-state index contributed by atoms with van der Waals surface area (Å²) in [6, 6.07) is 19.4. The zero-order valence-electron chi connectivity index (χ0n) is 22.3. The van der Waals surface area contributed by atoms with E-state index in [4.69, 9.17) is 51.6 Å². The maximum absolute atomic E-state index is 13.6. The fourth-order valence-corrected chi connectivity index (χ4v) is 5.11. The number of halogens is 2. The number of benzene rings is 3. The summed E-state index contributed by atoms with van der Waals surface area (Å²) in [5, 5.41) is 0.285. The first-order valence-electron chi connectivity index (χ1n) is 12.6. The number of ether oxygens (including phenoxy) is 6. The molecule has 1 aliphatic heterocycles. The Morgan fingerprint density at radius 3 is 2.13 bits per heavy atom. The molecule has 0 spiro atoms. The summed E-state index contributed by atoms with van der Waals surface area (Å²) < 4.78 is 35.0. The van der Waals surface area contributed by atoms with Crippen LogP contribution in [0.2, 0.25) is 10.0 Å². The Balaban J connectivity index is 1.57. The molecule has 4 rings (SSSR count). The van der Waals surface area contributed by atoms with Crippen molar-refractivity contribution in [3.05, 3.63) is 93.0 Å². The van der Waals surface area contributed by atoms with Gasteiger partial charge in [0.1, 0.15) is 23.3 Å². The predicted octanol–water partition coefficient (Wildman–Crippen LogP) is 6.78. The average Bonchev–Trinajstić information content (AvgIpc) is 2.95. The van der Waals surface area contributed by atoms with Gasteiger partial charge in [-0.3, -0.25) is 0 Å². The number of esters is 1. The molecule has 7 nitrogen and oxygen atoms in total. The zero-order valence-corrected chi connectivity index (χ0v) is 23.8. The van der Waals surface area contributed by atoms with Gasteiger partial charge in [0.15, 0.2) is 23.9 Å². The first-order chi connectivity index (χ1) is 18.8. The number of methoxy groups -OCH3 is 2. The average molecular weight is 575 g/mol. The van der Waals surface area contributed by atoms with Gasteiger partial charge in [0, 0.05) is 13.5 Å². The minimum atomic E-state index is -0.719. The molecule has 0 aromatic heterocycles. The van der Waals surface area contributed by atoms with Crippen LogP contribution in [0.5, 0.6) is 11.5 Å². The lowest BCUT2D eigenvalue weighted by Crippen LogP contribution is -2.50. The zero-order chi connectivity index (χ0) is 27.9. The van der Waals surface area contributed by atoms with Crippen molar-refractivity contribution in [2.45, 2.75) is 58.1 Å². The van der Waals surface area contributed by atoms with Crippen molar-refractivity contribution in [3.8, 4) is 11.5 Å². The Bertz CT molecular complexity index is 1250. The molecule has 0 N–H and O–H groups in total. The lowest BCUT2D eigenvalue weighted by Gasteiger charge is -2.39. The quantitative estimate of drug-likeness (QED) is 0.247. The van der Waals surface area contributed by atoms with Crippen molar-refractivity contribution in [1.82, 2.24) is 0 Å². The van der Waals surface area contributed by atoms with E-state index in [1.54, 1.807) is 14.0 Å².